The van der Waals surface area contributed by atoms with Gasteiger partial charge in [-0.25, -0.2) is 13.4 Å². The zero-order chi connectivity index (χ0) is 24.7. The second-order valence-electron chi connectivity index (χ2n) is 9.13. The number of carbonyl (C=O) groups is 1. The number of halogens is 1. The molecule has 1 aromatic carbocycles. The molecule has 35 heavy (non-hydrogen) atoms. The number of amides is 1. The molecule has 0 bridgehead atoms. The number of rotatable bonds is 6. The predicted octanol–water partition coefficient (Wildman–Crippen LogP) is 3.54. The summed E-state index contributed by atoms with van der Waals surface area (Å²) >= 11 is 6.10. The van der Waals surface area contributed by atoms with Gasteiger partial charge in [0.2, 0.25) is 10.0 Å². The molecule has 2 unspecified atom stereocenters. The van der Waals surface area contributed by atoms with Crippen molar-refractivity contribution in [1.29, 1.82) is 0 Å². The highest BCUT2D eigenvalue weighted by Gasteiger charge is 2.37. The molecular weight excluding hydrogens is 490 g/mol. The summed E-state index contributed by atoms with van der Waals surface area (Å²) in [5.74, 6) is 1.57. The minimum atomic E-state index is -3.48. The standard InChI is InChI=1S/C24H26ClN5O4S/c1-15-5-16(24(31)27-20-6-19(25)7-21(8-20)28-35(2,32)33)12-30(15)23-4-3-22(9-26-23)29-10-17-13-34-14-18(17)11-29/h3-9,12,17-18,28H,10-11,13-14H2,1-2H3,(H,27,31). The number of hydrogen-bond donors (Lipinski definition) is 2. The lowest BCUT2D eigenvalue weighted by molar-refractivity contribution is 0.102. The molecule has 4 heterocycles. The van der Waals surface area contributed by atoms with E-state index in [1.54, 1.807) is 18.3 Å². The lowest BCUT2D eigenvalue weighted by Crippen LogP contribution is -2.22. The van der Waals surface area contributed by atoms with Crippen LogP contribution in [0.5, 0.6) is 0 Å². The van der Waals surface area contributed by atoms with Crippen molar-refractivity contribution in [2.75, 3.05) is 47.5 Å². The van der Waals surface area contributed by atoms with E-state index >= 15 is 0 Å². The molecule has 0 aliphatic carbocycles. The summed E-state index contributed by atoms with van der Waals surface area (Å²) in [5.41, 5.74) is 3.03. The second-order valence-corrected chi connectivity index (χ2v) is 11.3. The van der Waals surface area contributed by atoms with Gasteiger partial charge in [0.25, 0.3) is 5.91 Å². The van der Waals surface area contributed by atoms with E-state index in [4.69, 9.17) is 16.3 Å². The molecule has 2 aromatic heterocycles. The van der Waals surface area contributed by atoms with Gasteiger partial charge in [0.15, 0.2) is 0 Å². The van der Waals surface area contributed by atoms with Gasteiger partial charge in [0, 0.05) is 47.5 Å². The van der Waals surface area contributed by atoms with Gasteiger partial charge in [-0.05, 0) is 43.3 Å². The quantitative estimate of drug-likeness (QED) is 0.520. The summed E-state index contributed by atoms with van der Waals surface area (Å²) in [6.07, 6.45) is 4.65. The number of sulfonamides is 1. The fourth-order valence-corrected chi connectivity index (χ4v) is 5.47. The van der Waals surface area contributed by atoms with Gasteiger partial charge in [-0.1, -0.05) is 11.6 Å². The maximum absolute atomic E-state index is 12.9. The van der Waals surface area contributed by atoms with E-state index < -0.39 is 10.0 Å². The number of pyridine rings is 1. The molecule has 2 atom stereocenters. The van der Waals surface area contributed by atoms with Gasteiger partial charge < -0.3 is 19.5 Å². The number of fused-ring (bicyclic) bond motifs is 1. The van der Waals surface area contributed by atoms with E-state index in [-0.39, 0.29) is 11.6 Å². The van der Waals surface area contributed by atoms with Crippen molar-refractivity contribution in [3.8, 4) is 5.82 Å². The highest BCUT2D eigenvalue weighted by atomic mass is 35.5. The topological polar surface area (TPSA) is 106 Å². The third-order valence-corrected chi connectivity index (χ3v) is 7.14. The Morgan fingerprint density at radius 1 is 1.11 bits per heavy atom. The highest BCUT2D eigenvalue weighted by molar-refractivity contribution is 7.92. The van der Waals surface area contributed by atoms with E-state index in [1.165, 1.54) is 12.1 Å². The summed E-state index contributed by atoms with van der Waals surface area (Å²) in [5, 5.41) is 3.07. The summed E-state index contributed by atoms with van der Waals surface area (Å²) in [6.45, 7) is 5.56. The van der Waals surface area contributed by atoms with Gasteiger partial charge in [-0.2, -0.15) is 0 Å². The third kappa shape index (κ3) is 5.29. The lowest BCUT2D eigenvalue weighted by Gasteiger charge is -2.19. The van der Waals surface area contributed by atoms with Crippen molar-refractivity contribution in [2.45, 2.75) is 6.92 Å². The van der Waals surface area contributed by atoms with Crippen LogP contribution in [0.25, 0.3) is 5.82 Å². The van der Waals surface area contributed by atoms with Crippen LogP contribution in [0.2, 0.25) is 5.02 Å². The van der Waals surface area contributed by atoms with Crippen molar-refractivity contribution in [2.24, 2.45) is 11.8 Å². The van der Waals surface area contributed by atoms with Crippen molar-refractivity contribution in [3.63, 3.8) is 0 Å². The minimum Gasteiger partial charge on any atom is -0.381 e. The Balaban J connectivity index is 1.30. The first-order valence-electron chi connectivity index (χ1n) is 11.2. The molecule has 2 saturated heterocycles. The van der Waals surface area contributed by atoms with Crippen molar-refractivity contribution in [3.05, 3.63) is 65.1 Å². The molecule has 184 valence electrons. The average molecular weight is 516 g/mol. The van der Waals surface area contributed by atoms with Crippen LogP contribution >= 0.6 is 11.6 Å². The van der Waals surface area contributed by atoms with Crippen LogP contribution in [0.1, 0.15) is 16.1 Å². The molecule has 1 amide bonds. The largest absolute Gasteiger partial charge is 0.381 e. The first-order valence-corrected chi connectivity index (χ1v) is 13.5. The van der Waals surface area contributed by atoms with Gasteiger partial charge >= 0.3 is 0 Å². The Morgan fingerprint density at radius 3 is 2.49 bits per heavy atom. The Hall–Kier alpha value is -3.08. The third-order valence-electron chi connectivity index (χ3n) is 6.32. The summed E-state index contributed by atoms with van der Waals surface area (Å²) in [4.78, 5) is 19.9. The zero-order valence-electron chi connectivity index (χ0n) is 19.4. The molecular formula is C24H26ClN5O4S. The first-order chi connectivity index (χ1) is 16.6. The summed E-state index contributed by atoms with van der Waals surface area (Å²) in [6, 6.07) is 10.3. The van der Waals surface area contributed by atoms with Gasteiger partial charge in [0.1, 0.15) is 5.82 Å². The van der Waals surface area contributed by atoms with E-state index in [2.05, 4.69) is 26.0 Å². The Labute approximate surface area is 209 Å². The molecule has 2 N–H and O–H groups in total. The molecule has 0 saturated carbocycles. The van der Waals surface area contributed by atoms with E-state index in [0.29, 0.717) is 28.1 Å². The fraction of sp³-hybridized carbons (Fsp3) is 0.333. The minimum absolute atomic E-state index is 0.266. The van der Waals surface area contributed by atoms with Crippen molar-refractivity contribution < 1.29 is 17.9 Å². The normalized spacial score (nSPS) is 19.6. The number of nitrogens with zero attached hydrogens (tertiary/aromatic N) is 3. The number of benzene rings is 1. The van der Waals surface area contributed by atoms with Crippen molar-refractivity contribution >= 4 is 44.6 Å². The molecule has 3 aromatic rings. The number of aryl methyl sites for hydroxylation is 1. The fourth-order valence-electron chi connectivity index (χ4n) is 4.69. The van der Waals surface area contributed by atoms with E-state index in [0.717, 1.165) is 49.8 Å². The maximum Gasteiger partial charge on any atom is 0.257 e. The monoisotopic (exact) mass is 515 g/mol. The molecule has 11 heteroatoms. The van der Waals surface area contributed by atoms with Crippen LogP contribution < -0.4 is 14.9 Å². The predicted molar refractivity (Wildman–Crippen MR) is 136 cm³/mol. The van der Waals surface area contributed by atoms with E-state index in [9.17, 15) is 13.2 Å². The van der Waals surface area contributed by atoms with Gasteiger partial charge in [-0.15, -0.1) is 0 Å². The Bertz CT molecular complexity index is 1360. The molecule has 0 radical (unpaired) electrons. The Morgan fingerprint density at radius 2 is 1.83 bits per heavy atom. The number of ether oxygens (including phenoxy) is 1. The lowest BCUT2D eigenvalue weighted by atomic mass is 10.0. The van der Waals surface area contributed by atoms with Crippen LogP contribution in [0.3, 0.4) is 0 Å². The van der Waals surface area contributed by atoms with E-state index in [1.807, 2.05) is 23.8 Å². The van der Waals surface area contributed by atoms with Crippen LogP contribution in [0.4, 0.5) is 17.1 Å². The molecule has 0 spiro atoms. The second kappa shape index (κ2) is 9.18. The van der Waals surface area contributed by atoms with Gasteiger partial charge in [-0.3, -0.25) is 9.52 Å². The number of nitrogens with one attached hydrogen (secondary N) is 2. The summed E-state index contributed by atoms with van der Waals surface area (Å²) in [7, 11) is -3.48. The summed E-state index contributed by atoms with van der Waals surface area (Å²) < 4.78 is 32.8. The number of anilines is 3. The highest BCUT2D eigenvalue weighted by Crippen LogP contribution is 2.32. The maximum atomic E-state index is 12.9. The van der Waals surface area contributed by atoms with Crippen LogP contribution in [-0.4, -0.2) is 56.4 Å². The molecule has 5 rings (SSSR count). The van der Waals surface area contributed by atoms with Crippen molar-refractivity contribution in [1.82, 2.24) is 9.55 Å². The SMILES string of the molecule is Cc1cc(C(=O)Nc2cc(Cl)cc(NS(C)(=O)=O)c2)cn1-c1ccc(N2CC3COCC3C2)cn1. The average Bonchev–Trinajstić information content (AvgIpc) is 3.47. The van der Waals surface area contributed by atoms with Gasteiger partial charge in [0.05, 0.1) is 42.6 Å². The molecule has 2 aliphatic rings. The Kier molecular flexibility index (Phi) is 6.20. The van der Waals surface area contributed by atoms with Crippen LogP contribution in [-0.2, 0) is 14.8 Å². The first kappa shape index (κ1) is 23.7. The number of aromatic nitrogens is 2. The molecule has 9 nitrogen and oxygen atoms in total. The number of carbonyl (C=O) groups excluding carboxylic acids is 1. The smallest absolute Gasteiger partial charge is 0.257 e. The van der Waals surface area contributed by atoms with Crippen LogP contribution in [0.15, 0.2) is 48.8 Å². The zero-order valence-corrected chi connectivity index (χ0v) is 20.9. The molecule has 2 aliphatic heterocycles. The number of hydrogen-bond acceptors (Lipinski definition) is 6. The molecule has 2 fully saturated rings. The van der Waals surface area contributed by atoms with Crippen LogP contribution in [0, 0.1) is 18.8 Å².